The second kappa shape index (κ2) is 7.85. The Labute approximate surface area is 138 Å². The van der Waals surface area contributed by atoms with Crippen LogP contribution in [0.5, 0.6) is 0 Å². The van der Waals surface area contributed by atoms with Crippen LogP contribution in [0.1, 0.15) is 34.1 Å². The summed E-state index contributed by atoms with van der Waals surface area (Å²) in [5.41, 5.74) is 0. The smallest absolute Gasteiger partial charge is 0.416 e. The maximum Gasteiger partial charge on any atom is 0.416 e. The standard InChI is InChI=1S/C15H22F3NO5/c1-5-23-12(20)6-10(15(16,17)18)9(4)13(21)19-11(8(2)3)7-24-14(19)22/h8-11H,5-7H2,1-4H3/t9-,10-,11-/m1/s1. The molecule has 0 aromatic carbocycles. The number of halogens is 3. The van der Waals surface area contributed by atoms with Crippen LogP contribution >= 0.6 is 0 Å². The lowest BCUT2D eigenvalue weighted by Gasteiger charge is -2.30. The highest BCUT2D eigenvalue weighted by molar-refractivity contribution is 5.95. The maximum absolute atomic E-state index is 13.3. The number of esters is 1. The predicted molar refractivity (Wildman–Crippen MR) is 76.8 cm³/mol. The molecule has 3 atom stereocenters. The molecule has 1 rings (SSSR count). The van der Waals surface area contributed by atoms with Crippen LogP contribution in [-0.4, -0.2) is 48.3 Å². The van der Waals surface area contributed by atoms with E-state index in [9.17, 15) is 27.6 Å². The largest absolute Gasteiger partial charge is 0.466 e. The van der Waals surface area contributed by atoms with Crippen LogP contribution in [0.3, 0.4) is 0 Å². The summed E-state index contributed by atoms with van der Waals surface area (Å²) < 4.78 is 49.2. The van der Waals surface area contributed by atoms with Gasteiger partial charge >= 0.3 is 18.2 Å². The Morgan fingerprint density at radius 3 is 2.38 bits per heavy atom. The SMILES string of the molecule is CCOC(=O)C[C@H]([C@@H](C)C(=O)N1C(=O)OC[C@@H]1C(C)C)C(F)(F)F. The van der Waals surface area contributed by atoms with Gasteiger partial charge in [-0.05, 0) is 12.8 Å². The number of carbonyl (C=O) groups is 3. The highest BCUT2D eigenvalue weighted by Gasteiger charge is 2.50. The van der Waals surface area contributed by atoms with E-state index < -0.39 is 48.4 Å². The Kier molecular flexibility index (Phi) is 6.62. The molecule has 24 heavy (non-hydrogen) atoms. The van der Waals surface area contributed by atoms with Crippen molar-refractivity contribution in [2.75, 3.05) is 13.2 Å². The van der Waals surface area contributed by atoms with Gasteiger partial charge in [-0.2, -0.15) is 13.2 Å². The Bertz CT molecular complexity index is 492. The van der Waals surface area contributed by atoms with Crippen LogP contribution in [0, 0.1) is 17.8 Å². The quantitative estimate of drug-likeness (QED) is 0.687. The fraction of sp³-hybridized carbons (Fsp3) is 0.800. The lowest BCUT2D eigenvalue weighted by Crippen LogP contribution is -2.48. The summed E-state index contributed by atoms with van der Waals surface area (Å²) in [6.45, 7) is 5.89. The molecule has 2 amide bonds. The summed E-state index contributed by atoms with van der Waals surface area (Å²) in [7, 11) is 0. The molecule has 0 bridgehead atoms. The van der Waals surface area contributed by atoms with E-state index in [-0.39, 0.29) is 19.1 Å². The van der Waals surface area contributed by atoms with E-state index in [1.165, 1.54) is 6.92 Å². The molecule has 0 spiro atoms. The van der Waals surface area contributed by atoms with Gasteiger partial charge in [0.25, 0.3) is 0 Å². The number of carbonyl (C=O) groups excluding carboxylic acids is 3. The number of amides is 2. The third kappa shape index (κ3) is 4.61. The number of imide groups is 1. The molecule has 1 saturated heterocycles. The van der Waals surface area contributed by atoms with E-state index in [1.54, 1.807) is 13.8 Å². The molecule has 1 aliphatic heterocycles. The fourth-order valence-electron chi connectivity index (χ4n) is 2.55. The molecule has 0 aliphatic carbocycles. The molecule has 6 nitrogen and oxygen atoms in total. The van der Waals surface area contributed by atoms with Crippen molar-refractivity contribution in [1.29, 1.82) is 0 Å². The number of rotatable bonds is 6. The average Bonchev–Trinajstić information content (AvgIpc) is 2.84. The minimum atomic E-state index is -4.78. The summed E-state index contributed by atoms with van der Waals surface area (Å²) in [5, 5.41) is 0. The molecule has 1 heterocycles. The number of alkyl halides is 3. The lowest BCUT2D eigenvalue weighted by atomic mass is 9.88. The topological polar surface area (TPSA) is 72.9 Å². The number of cyclic esters (lactones) is 1. The first-order valence-electron chi connectivity index (χ1n) is 7.72. The highest BCUT2D eigenvalue weighted by Crippen LogP contribution is 2.37. The van der Waals surface area contributed by atoms with Crippen molar-refractivity contribution < 1.29 is 37.0 Å². The molecule has 1 fully saturated rings. The zero-order valence-corrected chi connectivity index (χ0v) is 14.1. The van der Waals surface area contributed by atoms with E-state index in [4.69, 9.17) is 4.74 Å². The van der Waals surface area contributed by atoms with Crippen molar-refractivity contribution in [1.82, 2.24) is 4.90 Å². The van der Waals surface area contributed by atoms with Crippen LogP contribution in [0.25, 0.3) is 0 Å². The second-order valence-electron chi connectivity index (χ2n) is 6.04. The van der Waals surface area contributed by atoms with E-state index in [2.05, 4.69) is 4.74 Å². The van der Waals surface area contributed by atoms with E-state index in [0.717, 1.165) is 11.8 Å². The zero-order valence-electron chi connectivity index (χ0n) is 14.1. The van der Waals surface area contributed by atoms with Crippen LogP contribution in [0.15, 0.2) is 0 Å². The molecule has 0 aromatic heterocycles. The van der Waals surface area contributed by atoms with Gasteiger partial charge in [-0.25, -0.2) is 9.69 Å². The Morgan fingerprint density at radius 2 is 1.92 bits per heavy atom. The number of ether oxygens (including phenoxy) is 2. The number of hydrogen-bond donors (Lipinski definition) is 0. The molecule has 0 radical (unpaired) electrons. The third-order valence-electron chi connectivity index (χ3n) is 4.02. The number of hydrogen-bond acceptors (Lipinski definition) is 5. The number of nitrogens with zero attached hydrogens (tertiary/aromatic N) is 1. The van der Waals surface area contributed by atoms with Gasteiger partial charge in [0.15, 0.2) is 0 Å². The lowest BCUT2D eigenvalue weighted by molar-refractivity contribution is -0.198. The van der Waals surface area contributed by atoms with Crippen molar-refractivity contribution in [3.8, 4) is 0 Å². The first kappa shape index (κ1) is 20.2. The molecule has 0 saturated carbocycles. The monoisotopic (exact) mass is 353 g/mol. The molecule has 138 valence electrons. The first-order chi connectivity index (χ1) is 11.0. The Morgan fingerprint density at radius 1 is 1.33 bits per heavy atom. The van der Waals surface area contributed by atoms with Crippen LogP contribution < -0.4 is 0 Å². The average molecular weight is 353 g/mol. The van der Waals surface area contributed by atoms with Gasteiger partial charge < -0.3 is 9.47 Å². The second-order valence-corrected chi connectivity index (χ2v) is 6.04. The molecule has 0 N–H and O–H groups in total. The highest BCUT2D eigenvalue weighted by atomic mass is 19.4. The van der Waals surface area contributed by atoms with E-state index >= 15 is 0 Å². The Hall–Kier alpha value is -1.80. The Balaban J connectivity index is 3.00. The fourth-order valence-corrected chi connectivity index (χ4v) is 2.55. The molecule has 9 heteroatoms. The van der Waals surface area contributed by atoms with Crippen molar-refractivity contribution >= 4 is 18.0 Å². The maximum atomic E-state index is 13.3. The molecular weight excluding hydrogens is 331 g/mol. The third-order valence-corrected chi connectivity index (χ3v) is 4.02. The van der Waals surface area contributed by atoms with Crippen LogP contribution in [0.2, 0.25) is 0 Å². The van der Waals surface area contributed by atoms with E-state index in [1.807, 2.05) is 0 Å². The zero-order chi connectivity index (χ0) is 18.7. The minimum Gasteiger partial charge on any atom is -0.466 e. The van der Waals surface area contributed by atoms with E-state index in [0.29, 0.717) is 0 Å². The minimum absolute atomic E-state index is 0.0521. The van der Waals surface area contributed by atoms with Gasteiger partial charge in [-0.1, -0.05) is 20.8 Å². The van der Waals surface area contributed by atoms with Crippen LogP contribution in [-0.2, 0) is 19.1 Å². The van der Waals surface area contributed by atoms with Crippen molar-refractivity contribution in [3.63, 3.8) is 0 Å². The van der Waals surface area contributed by atoms with Gasteiger partial charge in [-0.3, -0.25) is 9.59 Å². The summed E-state index contributed by atoms with van der Waals surface area (Å²) in [6.07, 6.45) is -6.71. The molecule has 1 aliphatic rings. The molecule has 0 unspecified atom stereocenters. The predicted octanol–water partition coefficient (Wildman–Crippen LogP) is 2.76. The summed E-state index contributed by atoms with van der Waals surface area (Å²) in [6, 6.07) is -0.621. The van der Waals surface area contributed by atoms with Gasteiger partial charge in [0, 0.05) is 5.92 Å². The summed E-state index contributed by atoms with van der Waals surface area (Å²) in [5.74, 6) is -6.04. The van der Waals surface area contributed by atoms with Crippen molar-refractivity contribution in [2.24, 2.45) is 17.8 Å². The van der Waals surface area contributed by atoms with Crippen molar-refractivity contribution in [3.05, 3.63) is 0 Å². The molecule has 0 aromatic rings. The van der Waals surface area contributed by atoms with Gasteiger partial charge in [-0.15, -0.1) is 0 Å². The normalized spacial score (nSPS) is 20.8. The summed E-state index contributed by atoms with van der Waals surface area (Å²) >= 11 is 0. The van der Waals surface area contributed by atoms with Gasteiger partial charge in [0.2, 0.25) is 5.91 Å². The van der Waals surface area contributed by atoms with Gasteiger partial charge in [0.1, 0.15) is 6.61 Å². The van der Waals surface area contributed by atoms with Crippen LogP contribution in [0.4, 0.5) is 18.0 Å². The molecular formula is C15H22F3NO5. The first-order valence-corrected chi connectivity index (χ1v) is 7.72. The van der Waals surface area contributed by atoms with Gasteiger partial charge in [0.05, 0.1) is 25.0 Å². The summed E-state index contributed by atoms with van der Waals surface area (Å²) in [4.78, 5) is 36.4. The van der Waals surface area contributed by atoms with Crippen molar-refractivity contribution in [2.45, 2.75) is 46.3 Å².